The molecule has 0 spiro atoms. The Morgan fingerprint density at radius 2 is 1.74 bits per heavy atom. The van der Waals surface area contributed by atoms with E-state index in [9.17, 15) is 10.1 Å². The van der Waals surface area contributed by atoms with Crippen molar-refractivity contribution in [2.24, 2.45) is 5.73 Å². The van der Waals surface area contributed by atoms with Crippen LogP contribution >= 0.6 is 0 Å². The molecule has 1 amide bonds. The number of hydrogen-bond donors (Lipinski definition) is 3. The maximum atomic E-state index is 12.3. The van der Waals surface area contributed by atoms with Gasteiger partial charge in [0.05, 0.1) is 12.1 Å². The van der Waals surface area contributed by atoms with Gasteiger partial charge in [0.2, 0.25) is 5.91 Å². The van der Waals surface area contributed by atoms with Crippen molar-refractivity contribution in [3.63, 3.8) is 0 Å². The highest BCUT2D eigenvalue weighted by molar-refractivity contribution is 5.82. The van der Waals surface area contributed by atoms with Crippen LogP contribution in [0.5, 0.6) is 0 Å². The van der Waals surface area contributed by atoms with Gasteiger partial charge < -0.3 is 16.4 Å². The van der Waals surface area contributed by atoms with Crippen LogP contribution in [0.15, 0.2) is 48.5 Å². The molecule has 0 aliphatic carbocycles. The smallest absolute Gasteiger partial charge is 0.238 e. The van der Waals surface area contributed by atoms with E-state index in [0.717, 1.165) is 48.1 Å². The molecule has 27 heavy (non-hydrogen) atoms. The second kappa shape index (κ2) is 9.31. The Kier molecular flexibility index (Phi) is 6.59. The minimum atomic E-state index is -0.518. The molecule has 0 saturated carbocycles. The van der Waals surface area contributed by atoms with E-state index in [1.165, 1.54) is 0 Å². The van der Waals surface area contributed by atoms with Crippen LogP contribution in [-0.2, 0) is 17.8 Å². The van der Waals surface area contributed by atoms with Crippen molar-refractivity contribution in [2.45, 2.75) is 44.3 Å². The van der Waals surface area contributed by atoms with Gasteiger partial charge in [-0.2, -0.15) is 5.26 Å². The first kappa shape index (κ1) is 19.1. The molecule has 0 unspecified atom stereocenters. The standard InChI is InChI=1S/C22H26N4O/c23-14-17-6-10-19(11-7-17)18-8-4-16(5-9-18)13-20(15-24)26-22(27)21-3-1-2-12-25-21/h4-11,20-21,25H,1-3,12-14,23H2,(H,26,27)/t20-,21-/m0/s1. The van der Waals surface area contributed by atoms with Gasteiger partial charge in [0, 0.05) is 13.0 Å². The Balaban J connectivity index is 1.60. The average molecular weight is 362 g/mol. The first-order chi connectivity index (χ1) is 13.2. The molecular formula is C22H26N4O. The van der Waals surface area contributed by atoms with E-state index in [0.29, 0.717) is 13.0 Å². The molecule has 1 saturated heterocycles. The minimum absolute atomic E-state index is 0.0714. The van der Waals surface area contributed by atoms with Gasteiger partial charge in [0.25, 0.3) is 0 Å². The molecule has 1 aliphatic rings. The van der Waals surface area contributed by atoms with Gasteiger partial charge >= 0.3 is 0 Å². The highest BCUT2D eigenvalue weighted by Crippen LogP contribution is 2.21. The number of carbonyl (C=O) groups is 1. The zero-order chi connectivity index (χ0) is 19.1. The number of nitrogens with zero attached hydrogens (tertiary/aromatic N) is 1. The van der Waals surface area contributed by atoms with Gasteiger partial charge in [-0.15, -0.1) is 0 Å². The molecule has 5 heteroatoms. The minimum Gasteiger partial charge on any atom is -0.339 e. The summed E-state index contributed by atoms with van der Waals surface area (Å²) in [6.45, 7) is 1.40. The fraction of sp³-hybridized carbons (Fsp3) is 0.364. The first-order valence-corrected chi connectivity index (χ1v) is 9.51. The number of piperidine rings is 1. The van der Waals surface area contributed by atoms with Crippen molar-refractivity contribution in [1.82, 2.24) is 10.6 Å². The summed E-state index contributed by atoms with van der Waals surface area (Å²) in [6.07, 6.45) is 3.49. The topological polar surface area (TPSA) is 90.9 Å². The van der Waals surface area contributed by atoms with Crippen LogP contribution in [0.2, 0.25) is 0 Å². The Bertz CT molecular complexity index is 787. The lowest BCUT2D eigenvalue weighted by Gasteiger charge is -2.23. The van der Waals surface area contributed by atoms with Crippen LogP contribution in [0.25, 0.3) is 11.1 Å². The lowest BCUT2D eigenvalue weighted by atomic mass is 9.99. The molecule has 0 aromatic heterocycles. The number of rotatable bonds is 6. The highest BCUT2D eigenvalue weighted by atomic mass is 16.2. The number of benzene rings is 2. The second-order valence-electron chi connectivity index (χ2n) is 6.99. The number of amides is 1. The van der Waals surface area contributed by atoms with Gasteiger partial charge in [0.1, 0.15) is 6.04 Å². The Morgan fingerprint density at radius 3 is 2.26 bits per heavy atom. The summed E-state index contributed by atoms with van der Waals surface area (Å²) in [6, 6.07) is 17.8. The number of nitriles is 1. The number of nitrogens with two attached hydrogens (primary N) is 1. The molecule has 0 bridgehead atoms. The summed E-state index contributed by atoms with van der Waals surface area (Å²) in [7, 11) is 0. The molecule has 2 aromatic rings. The predicted octanol–water partition coefficient (Wildman–Crippen LogP) is 2.51. The summed E-state index contributed by atoms with van der Waals surface area (Å²) in [5, 5.41) is 15.5. The van der Waals surface area contributed by atoms with Crippen molar-refractivity contribution in [2.75, 3.05) is 6.54 Å². The molecule has 0 radical (unpaired) electrons. The lowest BCUT2D eigenvalue weighted by Crippen LogP contribution is -2.49. The number of nitrogens with one attached hydrogen (secondary N) is 2. The maximum absolute atomic E-state index is 12.3. The molecule has 1 fully saturated rings. The highest BCUT2D eigenvalue weighted by Gasteiger charge is 2.22. The molecular weight excluding hydrogens is 336 g/mol. The number of hydrogen-bond acceptors (Lipinski definition) is 4. The van der Waals surface area contributed by atoms with Gasteiger partial charge in [-0.05, 0) is 41.6 Å². The summed E-state index contributed by atoms with van der Waals surface area (Å²) in [4.78, 5) is 12.3. The Hall–Kier alpha value is -2.68. The van der Waals surface area contributed by atoms with Crippen LogP contribution in [0, 0.1) is 11.3 Å². The monoisotopic (exact) mass is 362 g/mol. The van der Waals surface area contributed by atoms with Crippen LogP contribution in [-0.4, -0.2) is 24.5 Å². The Morgan fingerprint density at radius 1 is 1.11 bits per heavy atom. The predicted molar refractivity (Wildman–Crippen MR) is 107 cm³/mol. The zero-order valence-corrected chi connectivity index (χ0v) is 15.4. The summed E-state index contributed by atoms with van der Waals surface area (Å²) < 4.78 is 0. The summed E-state index contributed by atoms with van der Waals surface area (Å²) in [5.74, 6) is -0.0714. The third-order valence-corrected chi connectivity index (χ3v) is 5.02. The van der Waals surface area contributed by atoms with Gasteiger partial charge in [-0.3, -0.25) is 4.79 Å². The van der Waals surface area contributed by atoms with Crippen molar-refractivity contribution >= 4 is 5.91 Å². The second-order valence-corrected chi connectivity index (χ2v) is 6.99. The SMILES string of the molecule is N#C[C@H](Cc1ccc(-c2ccc(CN)cc2)cc1)NC(=O)[C@@H]1CCCCN1. The summed E-state index contributed by atoms with van der Waals surface area (Å²) >= 11 is 0. The zero-order valence-electron chi connectivity index (χ0n) is 15.4. The molecule has 1 heterocycles. The normalized spacial score (nSPS) is 17.7. The van der Waals surface area contributed by atoms with Crippen molar-refractivity contribution in [3.05, 3.63) is 59.7 Å². The molecule has 2 atom stereocenters. The van der Waals surface area contributed by atoms with E-state index in [1.807, 2.05) is 36.4 Å². The fourth-order valence-electron chi connectivity index (χ4n) is 3.38. The Labute approximate surface area is 160 Å². The van der Waals surface area contributed by atoms with Crippen molar-refractivity contribution in [3.8, 4) is 17.2 Å². The largest absolute Gasteiger partial charge is 0.339 e. The van der Waals surface area contributed by atoms with E-state index >= 15 is 0 Å². The van der Waals surface area contributed by atoms with E-state index in [4.69, 9.17) is 5.73 Å². The number of carbonyl (C=O) groups excluding carboxylic acids is 1. The molecule has 4 N–H and O–H groups in total. The van der Waals surface area contributed by atoms with Crippen molar-refractivity contribution < 1.29 is 4.79 Å². The van der Waals surface area contributed by atoms with Gasteiger partial charge in [-0.25, -0.2) is 0 Å². The lowest BCUT2D eigenvalue weighted by molar-refractivity contribution is -0.124. The average Bonchev–Trinajstić information content (AvgIpc) is 2.74. The van der Waals surface area contributed by atoms with E-state index in [-0.39, 0.29) is 11.9 Å². The molecule has 2 aromatic carbocycles. The van der Waals surface area contributed by atoms with Gasteiger partial charge in [-0.1, -0.05) is 55.0 Å². The maximum Gasteiger partial charge on any atom is 0.238 e. The van der Waals surface area contributed by atoms with Crippen LogP contribution in [0.1, 0.15) is 30.4 Å². The van der Waals surface area contributed by atoms with E-state index in [2.05, 4.69) is 28.8 Å². The molecule has 140 valence electrons. The van der Waals surface area contributed by atoms with Gasteiger partial charge in [0.15, 0.2) is 0 Å². The quantitative estimate of drug-likeness (QED) is 0.736. The molecule has 5 nitrogen and oxygen atoms in total. The van der Waals surface area contributed by atoms with Crippen molar-refractivity contribution in [1.29, 1.82) is 5.26 Å². The third kappa shape index (κ3) is 5.16. The third-order valence-electron chi connectivity index (χ3n) is 5.02. The molecule has 3 rings (SSSR count). The fourth-order valence-corrected chi connectivity index (χ4v) is 3.38. The first-order valence-electron chi connectivity index (χ1n) is 9.51. The van der Waals surface area contributed by atoms with Crippen LogP contribution in [0.4, 0.5) is 0 Å². The van der Waals surface area contributed by atoms with E-state index in [1.54, 1.807) is 0 Å². The van der Waals surface area contributed by atoms with E-state index < -0.39 is 6.04 Å². The molecule has 1 aliphatic heterocycles. The summed E-state index contributed by atoms with van der Waals surface area (Å²) in [5.41, 5.74) is 10.0. The van der Waals surface area contributed by atoms with Crippen LogP contribution < -0.4 is 16.4 Å². The van der Waals surface area contributed by atoms with Crippen LogP contribution in [0.3, 0.4) is 0 Å².